The normalized spacial score (nSPS) is 24.2. The number of aliphatic carboxylic acids is 1. The standard InChI is InChI=1S/C16H27NO4S2Si/c1-7-22-15-11(14(19)20)17-12(18)10(13(17)23-15)8-9-21-24(5,6)16(2,3)4/h10,13H,7-9H2,1-6H3,(H,19,20)/t10-,13+/m1/s1. The van der Waals surface area contributed by atoms with Gasteiger partial charge in [0.25, 0.3) is 0 Å². The molecular formula is C16H27NO4S2Si. The molecule has 136 valence electrons. The Balaban J connectivity index is 1.96. The molecular weight excluding hydrogens is 362 g/mol. The molecule has 0 aromatic heterocycles. The van der Waals surface area contributed by atoms with Gasteiger partial charge >= 0.3 is 5.97 Å². The molecule has 2 aliphatic rings. The van der Waals surface area contributed by atoms with Gasteiger partial charge in [0.15, 0.2) is 14.0 Å². The quantitative estimate of drug-likeness (QED) is 0.525. The first-order valence-corrected chi connectivity index (χ1v) is 13.0. The number of carbonyl (C=O) groups is 2. The predicted octanol–water partition coefficient (Wildman–Crippen LogP) is 3.94. The van der Waals surface area contributed by atoms with Crippen LogP contribution in [0.25, 0.3) is 0 Å². The lowest BCUT2D eigenvalue weighted by Gasteiger charge is -2.43. The Morgan fingerprint density at radius 2 is 2.04 bits per heavy atom. The molecule has 2 aliphatic heterocycles. The highest BCUT2D eigenvalue weighted by Gasteiger charge is 2.55. The number of thioether (sulfide) groups is 2. The van der Waals surface area contributed by atoms with Crippen LogP contribution in [0.4, 0.5) is 0 Å². The topological polar surface area (TPSA) is 66.8 Å². The van der Waals surface area contributed by atoms with Crippen LogP contribution in [-0.4, -0.2) is 47.9 Å². The third-order valence-electron chi connectivity index (χ3n) is 4.99. The van der Waals surface area contributed by atoms with E-state index >= 15 is 0 Å². The molecule has 2 heterocycles. The van der Waals surface area contributed by atoms with Gasteiger partial charge in [0.05, 0.1) is 15.5 Å². The van der Waals surface area contributed by atoms with Crippen LogP contribution in [0.3, 0.4) is 0 Å². The highest BCUT2D eigenvalue weighted by molar-refractivity contribution is 8.22. The van der Waals surface area contributed by atoms with Crippen molar-refractivity contribution in [3.8, 4) is 0 Å². The molecule has 0 aromatic carbocycles. The Morgan fingerprint density at radius 3 is 2.54 bits per heavy atom. The maximum absolute atomic E-state index is 12.4. The first-order valence-electron chi connectivity index (χ1n) is 8.25. The lowest BCUT2D eigenvalue weighted by molar-refractivity contribution is -0.152. The number of rotatable bonds is 7. The van der Waals surface area contributed by atoms with E-state index in [-0.39, 0.29) is 27.9 Å². The third-order valence-corrected chi connectivity index (χ3v) is 12.1. The number of β-lactam (4-membered cyclic amide) rings is 1. The van der Waals surface area contributed by atoms with Gasteiger partial charge in [0.2, 0.25) is 5.91 Å². The zero-order valence-corrected chi connectivity index (χ0v) is 17.8. The van der Waals surface area contributed by atoms with E-state index in [1.165, 1.54) is 28.4 Å². The molecule has 1 N–H and O–H groups in total. The average molecular weight is 390 g/mol. The number of nitrogens with zero attached hydrogens (tertiary/aromatic N) is 1. The van der Waals surface area contributed by atoms with E-state index < -0.39 is 14.3 Å². The zero-order valence-electron chi connectivity index (χ0n) is 15.2. The van der Waals surface area contributed by atoms with E-state index in [1.807, 2.05) is 6.92 Å². The number of hydrogen-bond acceptors (Lipinski definition) is 5. The zero-order chi connectivity index (χ0) is 18.3. The van der Waals surface area contributed by atoms with Crippen LogP contribution in [0.5, 0.6) is 0 Å². The van der Waals surface area contributed by atoms with Crippen LogP contribution in [0.15, 0.2) is 9.93 Å². The first kappa shape index (κ1) is 19.9. The van der Waals surface area contributed by atoms with Crippen LogP contribution in [-0.2, 0) is 14.0 Å². The van der Waals surface area contributed by atoms with E-state index in [1.54, 1.807) is 0 Å². The smallest absolute Gasteiger partial charge is 0.354 e. The number of amides is 1. The fraction of sp³-hybridized carbons (Fsp3) is 0.750. The average Bonchev–Trinajstić information content (AvgIpc) is 2.78. The Hall–Kier alpha value is -0.443. The van der Waals surface area contributed by atoms with Crippen molar-refractivity contribution in [2.24, 2.45) is 5.92 Å². The molecule has 2 rings (SSSR count). The molecule has 0 saturated carbocycles. The minimum absolute atomic E-state index is 0.0688. The van der Waals surface area contributed by atoms with Crippen molar-refractivity contribution in [3.63, 3.8) is 0 Å². The van der Waals surface area contributed by atoms with Gasteiger partial charge in [-0.1, -0.05) is 39.5 Å². The predicted molar refractivity (Wildman–Crippen MR) is 102 cm³/mol. The maximum atomic E-state index is 12.4. The molecule has 1 fully saturated rings. The van der Waals surface area contributed by atoms with Gasteiger partial charge < -0.3 is 9.53 Å². The first-order chi connectivity index (χ1) is 11.0. The molecule has 5 nitrogen and oxygen atoms in total. The molecule has 0 aromatic rings. The summed E-state index contributed by atoms with van der Waals surface area (Å²) in [7, 11) is -1.81. The van der Waals surface area contributed by atoms with Crippen LogP contribution in [0.2, 0.25) is 18.1 Å². The van der Waals surface area contributed by atoms with Crippen molar-refractivity contribution in [3.05, 3.63) is 9.93 Å². The number of carbonyl (C=O) groups excluding carboxylic acids is 1. The van der Waals surface area contributed by atoms with Crippen LogP contribution < -0.4 is 0 Å². The number of hydrogen-bond donors (Lipinski definition) is 1. The van der Waals surface area contributed by atoms with Gasteiger partial charge in [-0.2, -0.15) is 0 Å². The van der Waals surface area contributed by atoms with Crippen molar-refractivity contribution in [1.82, 2.24) is 4.90 Å². The molecule has 2 atom stereocenters. The lowest BCUT2D eigenvalue weighted by Crippen LogP contribution is -2.57. The number of fused-ring (bicyclic) bond motifs is 1. The van der Waals surface area contributed by atoms with Gasteiger partial charge in [-0.05, 0) is 30.3 Å². The summed E-state index contributed by atoms with van der Waals surface area (Å²) in [5.74, 6) is -0.419. The van der Waals surface area contributed by atoms with Gasteiger partial charge in [-0.25, -0.2) is 4.79 Å². The summed E-state index contributed by atoms with van der Waals surface area (Å²) in [6.07, 6.45) is 0.663. The van der Waals surface area contributed by atoms with E-state index in [4.69, 9.17) is 4.43 Å². The molecule has 0 radical (unpaired) electrons. The lowest BCUT2D eigenvalue weighted by atomic mass is 9.94. The summed E-state index contributed by atoms with van der Waals surface area (Å²) in [4.78, 5) is 25.4. The Labute approximate surface area is 153 Å². The largest absolute Gasteiger partial charge is 0.477 e. The molecule has 0 unspecified atom stereocenters. The van der Waals surface area contributed by atoms with E-state index in [0.29, 0.717) is 13.0 Å². The van der Waals surface area contributed by atoms with Gasteiger partial charge in [-0.15, -0.1) is 11.8 Å². The maximum Gasteiger partial charge on any atom is 0.354 e. The number of carboxylic acid groups (broad SMARTS) is 1. The van der Waals surface area contributed by atoms with Crippen molar-refractivity contribution >= 4 is 43.7 Å². The molecule has 24 heavy (non-hydrogen) atoms. The van der Waals surface area contributed by atoms with E-state index in [9.17, 15) is 14.7 Å². The summed E-state index contributed by atoms with van der Waals surface area (Å²) in [5.41, 5.74) is 0.170. The summed E-state index contributed by atoms with van der Waals surface area (Å²) < 4.78 is 6.93. The van der Waals surface area contributed by atoms with Crippen LogP contribution in [0.1, 0.15) is 34.1 Å². The second kappa shape index (κ2) is 7.05. The monoisotopic (exact) mass is 389 g/mol. The SMILES string of the molecule is CCSC1=C(C(=O)O)N2C(=O)[C@@H](CCO[Si](C)(C)C(C)(C)C)[C@@H]2S1. The summed E-state index contributed by atoms with van der Waals surface area (Å²) in [6, 6.07) is 0. The van der Waals surface area contributed by atoms with Crippen molar-refractivity contribution < 1.29 is 19.1 Å². The van der Waals surface area contributed by atoms with Crippen LogP contribution >= 0.6 is 23.5 Å². The Bertz CT molecular complexity index is 571. The third kappa shape index (κ3) is 3.56. The molecule has 0 bridgehead atoms. The fourth-order valence-corrected chi connectivity index (χ4v) is 6.32. The highest BCUT2D eigenvalue weighted by Crippen LogP contribution is 2.53. The molecule has 1 amide bonds. The number of carboxylic acids is 1. The minimum atomic E-state index is -1.81. The van der Waals surface area contributed by atoms with Crippen molar-refractivity contribution in [2.75, 3.05) is 12.4 Å². The van der Waals surface area contributed by atoms with E-state index in [0.717, 1.165) is 9.99 Å². The van der Waals surface area contributed by atoms with Gasteiger partial charge in [0.1, 0.15) is 0 Å². The van der Waals surface area contributed by atoms with Crippen molar-refractivity contribution in [1.29, 1.82) is 0 Å². The summed E-state index contributed by atoms with van der Waals surface area (Å²) in [5, 5.41) is 9.49. The molecule has 1 saturated heterocycles. The summed E-state index contributed by atoms with van der Waals surface area (Å²) in [6.45, 7) is 13.5. The Morgan fingerprint density at radius 1 is 1.42 bits per heavy atom. The van der Waals surface area contributed by atoms with Gasteiger partial charge in [-0.3, -0.25) is 9.69 Å². The Kier molecular flexibility index (Phi) is 5.84. The molecule has 0 aliphatic carbocycles. The second-order valence-electron chi connectivity index (χ2n) is 7.59. The summed E-state index contributed by atoms with van der Waals surface area (Å²) >= 11 is 3.02. The molecule has 0 spiro atoms. The minimum Gasteiger partial charge on any atom is -0.477 e. The second-order valence-corrected chi connectivity index (χ2v) is 15.1. The molecule has 8 heteroatoms. The van der Waals surface area contributed by atoms with Crippen molar-refractivity contribution in [2.45, 2.75) is 57.6 Å². The highest BCUT2D eigenvalue weighted by atomic mass is 32.2. The van der Waals surface area contributed by atoms with Crippen LogP contribution in [0, 0.1) is 5.92 Å². The van der Waals surface area contributed by atoms with Gasteiger partial charge in [0, 0.05) is 6.61 Å². The fourth-order valence-electron chi connectivity index (χ4n) is 2.51. The van der Waals surface area contributed by atoms with E-state index in [2.05, 4.69) is 33.9 Å².